The third-order valence-electron chi connectivity index (χ3n) is 3.49. The Morgan fingerprint density at radius 1 is 1.26 bits per heavy atom. The Kier molecular flexibility index (Phi) is 4.43. The predicted molar refractivity (Wildman–Crippen MR) is 76.0 cm³/mol. The minimum atomic E-state index is -0.488. The molecule has 2 aliphatic heterocycles. The highest BCUT2D eigenvalue weighted by Gasteiger charge is 2.39. The van der Waals surface area contributed by atoms with Crippen LogP contribution in [0.1, 0.15) is 40.0 Å². The molecule has 0 aromatic rings. The Morgan fingerprint density at radius 3 is 2.58 bits per heavy atom. The molecule has 2 saturated heterocycles. The van der Waals surface area contributed by atoms with Crippen molar-refractivity contribution >= 4 is 23.6 Å². The van der Waals surface area contributed by atoms with Crippen molar-refractivity contribution in [2.45, 2.75) is 51.7 Å². The molecule has 0 aromatic carbocycles. The zero-order valence-electron chi connectivity index (χ0n) is 12.0. The summed E-state index contributed by atoms with van der Waals surface area (Å²) in [7, 11) is 0. The second-order valence-corrected chi connectivity index (χ2v) is 7.43. The summed E-state index contributed by atoms with van der Waals surface area (Å²) in [5.74, 6) is 1.97. The van der Waals surface area contributed by atoms with Gasteiger partial charge in [0.15, 0.2) is 0 Å². The molecule has 0 radical (unpaired) electrons. The number of carbonyl (C=O) groups is 2. The topological polar surface area (TPSA) is 46.6 Å². The molecular formula is C14H23NO3S. The summed E-state index contributed by atoms with van der Waals surface area (Å²) < 4.78 is 5.43. The standard InChI is InChI=1S/C14H23NO3S/c1-14(2,3)18-13(17)11-5-4-7-15(11)12(16)10-6-8-19-9-10/h10-11H,4-9H2,1-3H3/t10?,11-/m1/s1. The second-order valence-electron chi connectivity index (χ2n) is 6.28. The number of rotatable bonds is 2. The number of hydrogen-bond donors (Lipinski definition) is 0. The predicted octanol–water partition coefficient (Wildman–Crippen LogP) is 2.07. The molecule has 108 valence electrons. The molecule has 5 heteroatoms. The Bertz CT molecular complexity index is 358. The first-order valence-electron chi connectivity index (χ1n) is 6.99. The fourth-order valence-corrected chi connectivity index (χ4v) is 3.82. The van der Waals surface area contributed by atoms with Gasteiger partial charge in [0.05, 0.1) is 0 Å². The van der Waals surface area contributed by atoms with Crippen LogP contribution in [-0.2, 0) is 14.3 Å². The molecule has 0 aromatic heterocycles. The molecule has 19 heavy (non-hydrogen) atoms. The zero-order valence-corrected chi connectivity index (χ0v) is 12.8. The zero-order chi connectivity index (χ0) is 14.0. The number of esters is 1. The van der Waals surface area contributed by atoms with Gasteiger partial charge < -0.3 is 9.64 Å². The van der Waals surface area contributed by atoms with E-state index in [4.69, 9.17) is 4.74 Å². The number of amides is 1. The van der Waals surface area contributed by atoms with E-state index in [1.54, 1.807) is 4.90 Å². The van der Waals surface area contributed by atoms with Crippen LogP contribution >= 0.6 is 11.8 Å². The Labute approximate surface area is 119 Å². The van der Waals surface area contributed by atoms with Crippen LogP contribution in [0.15, 0.2) is 0 Å². The molecule has 4 nitrogen and oxygen atoms in total. The van der Waals surface area contributed by atoms with Gasteiger partial charge in [-0.15, -0.1) is 0 Å². The van der Waals surface area contributed by atoms with Crippen LogP contribution in [0.3, 0.4) is 0 Å². The smallest absolute Gasteiger partial charge is 0.329 e. The lowest BCUT2D eigenvalue weighted by molar-refractivity contribution is -0.163. The third kappa shape index (κ3) is 3.65. The first kappa shape index (κ1) is 14.7. The molecule has 2 rings (SSSR count). The van der Waals surface area contributed by atoms with Crippen molar-refractivity contribution in [3.8, 4) is 0 Å². The van der Waals surface area contributed by atoms with Gasteiger partial charge in [-0.05, 0) is 45.8 Å². The van der Waals surface area contributed by atoms with Gasteiger partial charge in [-0.3, -0.25) is 4.79 Å². The average Bonchev–Trinajstić information content (AvgIpc) is 2.97. The van der Waals surface area contributed by atoms with Crippen LogP contribution in [-0.4, -0.2) is 46.5 Å². The van der Waals surface area contributed by atoms with E-state index in [0.717, 1.165) is 30.8 Å². The van der Waals surface area contributed by atoms with Crippen molar-refractivity contribution in [1.82, 2.24) is 4.90 Å². The Morgan fingerprint density at radius 2 is 2.00 bits per heavy atom. The van der Waals surface area contributed by atoms with Gasteiger partial charge in [0.2, 0.25) is 5.91 Å². The van der Waals surface area contributed by atoms with Crippen LogP contribution in [0.2, 0.25) is 0 Å². The maximum atomic E-state index is 12.4. The van der Waals surface area contributed by atoms with Crippen LogP contribution in [0.5, 0.6) is 0 Å². The highest BCUT2D eigenvalue weighted by Crippen LogP contribution is 2.29. The number of thioether (sulfide) groups is 1. The summed E-state index contributed by atoms with van der Waals surface area (Å²) in [5, 5.41) is 0. The van der Waals surface area contributed by atoms with Crippen molar-refractivity contribution in [3.05, 3.63) is 0 Å². The van der Waals surface area contributed by atoms with Gasteiger partial charge in [0.25, 0.3) is 0 Å². The summed E-state index contributed by atoms with van der Waals surface area (Å²) in [6, 6.07) is -0.364. The van der Waals surface area contributed by atoms with E-state index >= 15 is 0 Å². The van der Waals surface area contributed by atoms with E-state index in [1.807, 2.05) is 32.5 Å². The summed E-state index contributed by atoms with van der Waals surface area (Å²) in [6.07, 6.45) is 2.58. The van der Waals surface area contributed by atoms with E-state index in [2.05, 4.69) is 0 Å². The third-order valence-corrected chi connectivity index (χ3v) is 4.66. The van der Waals surface area contributed by atoms with Crippen molar-refractivity contribution < 1.29 is 14.3 Å². The van der Waals surface area contributed by atoms with Crippen LogP contribution in [0, 0.1) is 5.92 Å². The second kappa shape index (κ2) is 5.73. The number of hydrogen-bond acceptors (Lipinski definition) is 4. The number of likely N-dealkylation sites (tertiary alicyclic amines) is 1. The monoisotopic (exact) mass is 285 g/mol. The molecule has 2 atom stereocenters. The molecule has 2 heterocycles. The molecule has 2 aliphatic rings. The molecule has 0 aliphatic carbocycles. The lowest BCUT2D eigenvalue weighted by atomic mass is 10.1. The summed E-state index contributed by atoms with van der Waals surface area (Å²) in [4.78, 5) is 26.4. The first-order valence-corrected chi connectivity index (χ1v) is 8.15. The SMILES string of the molecule is CC(C)(C)OC(=O)[C@H]1CCCN1C(=O)C1CCSC1. The molecule has 0 bridgehead atoms. The van der Waals surface area contributed by atoms with E-state index in [1.165, 1.54) is 0 Å². The summed E-state index contributed by atoms with van der Waals surface area (Å²) in [5.41, 5.74) is -0.488. The molecule has 1 amide bonds. The van der Waals surface area contributed by atoms with Crippen LogP contribution in [0.4, 0.5) is 0 Å². The van der Waals surface area contributed by atoms with Crippen molar-refractivity contribution in [2.75, 3.05) is 18.1 Å². The van der Waals surface area contributed by atoms with Gasteiger partial charge in [0, 0.05) is 18.2 Å². The number of nitrogens with zero attached hydrogens (tertiary/aromatic N) is 1. The van der Waals surface area contributed by atoms with Crippen molar-refractivity contribution in [3.63, 3.8) is 0 Å². The number of carbonyl (C=O) groups excluding carboxylic acids is 2. The van der Waals surface area contributed by atoms with Gasteiger partial charge in [0.1, 0.15) is 11.6 Å². The average molecular weight is 285 g/mol. The lowest BCUT2D eigenvalue weighted by Crippen LogP contribution is -2.45. The summed E-state index contributed by atoms with van der Waals surface area (Å²) in [6.45, 7) is 6.28. The summed E-state index contributed by atoms with van der Waals surface area (Å²) >= 11 is 1.83. The number of ether oxygens (including phenoxy) is 1. The van der Waals surface area contributed by atoms with Gasteiger partial charge in [-0.1, -0.05) is 0 Å². The van der Waals surface area contributed by atoms with E-state index in [9.17, 15) is 9.59 Å². The van der Waals surface area contributed by atoms with Crippen LogP contribution in [0.25, 0.3) is 0 Å². The molecule has 1 unspecified atom stereocenters. The minimum Gasteiger partial charge on any atom is -0.458 e. The van der Waals surface area contributed by atoms with Gasteiger partial charge in [-0.2, -0.15) is 11.8 Å². The van der Waals surface area contributed by atoms with Gasteiger partial charge >= 0.3 is 5.97 Å². The van der Waals surface area contributed by atoms with E-state index in [-0.39, 0.29) is 23.8 Å². The normalized spacial score (nSPS) is 27.6. The fourth-order valence-electron chi connectivity index (χ4n) is 2.61. The van der Waals surface area contributed by atoms with E-state index in [0.29, 0.717) is 6.54 Å². The Hall–Kier alpha value is -0.710. The molecule has 0 saturated carbocycles. The quantitative estimate of drug-likeness (QED) is 0.729. The molecule has 0 N–H and O–H groups in total. The molecule has 2 fully saturated rings. The fraction of sp³-hybridized carbons (Fsp3) is 0.857. The maximum Gasteiger partial charge on any atom is 0.329 e. The highest BCUT2D eigenvalue weighted by molar-refractivity contribution is 7.99. The maximum absolute atomic E-state index is 12.4. The Balaban J connectivity index is 2.00. The van der Waals surface area contributed by atoms with Crippen LogP contribution < -0.4 is 0 Å². The van der Waals surface area contributed by atoms with E-state index < -0.39 is 5.60 Å². The van der Waals surface area contributed by atoms with Crippen molar-refractivity contribution in [2.24, 2.45) is 5.92 Å². The minimum absolute atomic E-state index is 0.105. The lowest BCUT2D eigenvalue weighted by Gasteiger charge is -2.28. The largest absolute Gasteiger partial charge is 0.458 e. The highest BCUT2D eigenvalue weighted by atomic mass is 32.2. The molecule has 0 spiro atoms. The van der Waals surface area contributed by atoms with Crippen molar-refractivity contribution in [1.29, 1.82) is 0 Å². The van der Waals surface area contributed by atoms with Gasteiger partial charge in [-0.25, -0.2) is 4.79 Å². The molecular weight excluding hydrogens is 262 g/mol. The first-order chi connectivity index (χ1) is 8.88.